The first-order valence-corrected chi connectivity index (χ1v) is 7.28. The van der Waals surface area contributed by atoms with Crippen LogP contribution < -0.4 is 0 Å². The Bertz CT molecular complexity index is 760. The Hall–Kier alpha value is -2.66. The van der Waals surface area contributed by atoms with Gasteiger partial charge in [-0.3, -0.25) is 4.98 Å². The third-order valence-corrected chi connectivity index (χ3v) is 3.92. The minimum Gasteiger partial charge on any atom is -0.376 e. The number of aliphatic hydroxyl groups is 1. The Kier molecular flexibility index (Phi) is 4.11. The van der Waals surface area contributed by atoms with Gasteiger partial charge in [-0.15, -0.1) is 0 Å². The molecule has 1 atom stereocenters. The van der Waals surface area contributed by atoms with E-state index in [2.05, 4.69) is 4.98 Å². The van der Waals surface area contributed by atoms with E-state index in [4.69, 9.17) is 0 Å². The number of rotatable bonds is 3. The predicted molar refractivity (Wildman–Crippen MR) is 84.2 cm³/mol. The van der Waals surface area contributed by atoms with Gasteiger partial charge in [0.05, 0.1) is 5.56 Å². The van der Waals surface area contributed by atoms with Crippen LogP contribution >= 0.6 is 0 Å². The van der Waals surface area contributed by atoms with Gasteiger partial charge in [0.1, 0.15) is 5.60 Å². The van der Waals surface area contributed by atoms with Crippen molar-refractivity contribution in [1.29, 1.82) is 0 Å². The van der Waals surface area contributed by atoms with Gasteiger partial charge in [-0.25, -0.2) is 0 Å². The molecule has 1 N–H and O–H groups in total. The molecule has 0 aliphatic heterocycles. The molecule has 2 nitrogen and oxygen atoms in total. The SMILES string of the molecule is OC(c1ccccc1)(c1ccncc1)c1ccc(C(F)(F)F)cc1. The van der Waals surface area contributed by atoms with E-state index < -0.39 is 17.3 Å². The number of nitrogens with zero attached hydrogens (tertiary/aromatic N) is 1. The molecule has 1 unspecified atom stereocenters. The van der Waals surface area contributed by atoms with Gasteiger partial charge in [0.2, 0.25) is 0 Å². The van der Waals surface area contributed by atoms with Gasteiger partial charge in [0, 0.05) is 12.4 Å². The second-order valence-corrected chi connectivity index (χ2v) is 5.39. The van der Waals surface area contributed by atoms with Gasteiger partial charge >= 0.3 is 6.18 Å². The molecule has 0 amide bonds. The minimum atomic E-state index is -4.42. The molecule has 1 aromatic heterocycles. The summed E-state index contributed by atoms with van der Waals surface area (Å²) in [5, 5.41) is 11.4. The highest BCUT2D eigenvalue weighted by molar-refractivity contribution is 5.47. The number of hydrogen-bond acceptors (Lipinski definition) is 2. The zero-order valence-corrected chi connectivity index (χ0v) is 12.5. The van der Waals surface area contributed by atoms with Crippen molar-refractivity contribution in [2.24, 2.45) is 0 Å². The molecule has 122 valence electrons. The van der Waals surface area contributed by atoms with Crippen LogP contribution in [0.15, 0.2) is 79.1 Å². The lowest BCUT2D eigenvalue weighted by Gasteiger charge is -2.30. The summed E-state index contributed by atoms with van der Waals surface area (Å²) >= 11 is 0. The average molecular weight is 329 g/mol. The lowest BCUT2D eigenvalue weighted by molar-refractivity contribution is -0.137. The summed E-state index contributed by atoms with van der Waals surface area (Å²) in [4.78, 5) is 3.93. The Morgan fingerprint density at radius 2 is 1.08 bits per heavy atom. The van der Waals surface area contributed by atoms with E-state index >= 15 is 0 Å². The summed E-state index contributed by atoms with van der Waals surface area (Å²) in [6, 6.07) is 16.7. The van der Waals surface area contributed by atoms with Gasteiger partial charge in [0.15, 0.2) is 0 Å². The molecule has 5 heteroatoms. The van der Waals surface area contributed by atoms with Crippen LogP contribution in [-0.2, 0) is 11.8 Å². The molecule has 3 rings (SSSR count). The van der Waals surface area contributed by atoms with Crippen LogP contribution in [0.2, 0.25) is 0 Å². The molecule has 24 heavy (non-hydrogen) atoms. The summed E-state index contributed by atoms with van der Waals surface area (Å²) in [5.41, 5.74) is -0.863. The van der Waals surface area contributed by atoms with Crippen molar-refractivity contribution in [1.82, 2.24) is 4.98 Å². The molecule has 0 fully saturated rings. The first-order valence-electron chi connectivity index (χ1n) is 7.28. The first kappa shape index (κ1) is 16.2. The molecule has 0 saturated heterocycles. The maximum absolute atomic E-state index is 12.8. The van der Waals surface area contributed by atoms with E-state index in [9.17, 15) is 18.3 Å². The Balaban J connectivity index is 2.16. The molecule has 0 aliphatic carbocycles. The number of aromatic nitrogens is 1. The van der Waals surface area contributed by atoms with Crippen molar-refractivity contribution in [2.45, 2.75) is 11.8 Å². The van der Waals surface area contributed by atoms with Crippen molar-refractivity contribution >= 4 is 0 Å². The second-order valence-electron chi connectivity index (χ2n) is 5.39. The Labute approximate surface area is 137 Å². The van der Waals surface area contributed by atoms with Crippen molar-refractivity contribution in [3.05, 3.63) is 101 Å². The van der Waals surface area contributed by atoms with E-state index in [0.29, 0.717) is 16.7 Å². The largest absolute Gasteiger partial charge is 0.416 e. The van der Waals surface area contributed by atoms with Crippen LogP contribution in [0.4, 0.5) is 13.2 Å². The molecule has 2 aromatic carbocycles. The molecule has 3 aromatic rings. The number of hydrogen-bond donors (Lipinski definition) is 1. The first-order chi connectivity index (χ1) is 11.4. The molecular formula is C19H14F3NO. The van der Waals surface area contributed by atoms with E-state index in [0.717, 1.165) is 12.1 Å². The normalized spacial score (nSPS) is 14.2. The van der Waals surface area contributed by atoms with Crippen LogP contribution in [0, 0.1) is 0 Å². The minimum absolute atomic E-state index is 0.355. The standard InChI is InChI=1S/C19H14F3NO/c20-19(21,22)17-8-6-15(7-9-17)18(24,14-4-2-1-3-5-14)16-10-12-23-13-11-16/h1-13,24H. The number of alkyl halides is 3. The highest BCUT2D eigenvalue weighted by Crippen LogP contribution is 2.38. The molecule has 0 aliphatic rings. The highest BCUT2D eigenvalue weighted by atomic mass is 19.4. The van der Waals surface area contributed by atoms with Crippen LogP contribution in [0.5, 0.6) is 0 Å². The van der Waals surface area contributed by atoms with Crippen molar-refractivity contribution in [2.75, 3.05) is 0 Å². The lowest BCUT2D eigenvalue weighted by atomic mass is 9.80. The number of benzene rings is 2. The van der Waals surface area contributed by atoms with Crippen LogP contribution in [0.25, 0.3) is 0 Å². The fraction of sp³-hybridized carbons (Fsp3) is 0.105. The number of halogens is 3. The third-order valence-electron chi connectivity index (χ3n) is 3.92. The average Bonchev–Trinajstić information content (AvgIpc) is 2.62. The van der Waals surface area contributed by atoms with Gasteiger partial charge in [0.25, 0.3) is 0 Å². The van der Waals surface area contributed by atoms with Crippen molar-refractivity contribution in [3.8, 4) is 0 Å². The van der Waals surface area contributed by atoms with E-state index in [-0.39, 0.29) is 0 Å². The molecular weight excluding hydrogens is 315 g/mol. The summed E-state index contributed by atoms with van der Waals surface area (Å²) in [5.74, 6) is 0. The van der Waals surface area contributed by atoms with Gasteiger partial charge in [-0.05, 0) is 41.0 Å². The van der Waals surface area contributed by atoms with Crippen LogP contribution in [0.1, 0.15) is 22.3 Å². The summed E-state index contributed by atoms with van der Waals surface area (Å²) < 4.78 is 38.4. The van der Waals surface area contributed by atoms with E-state index in [1.165, 1.54) is 24.5 Å². The maximum Gasteiger partial charge on any atom is 0.416 e. The van der Waals surface area contributed by atoms with Gasteiger partial charge in [-0.2, -0.15) is 13.2 Å². The molecule has 0 radical (unpaired) electrons. The fourth-order valence-electron chi connectivity index (χ4n) is 2.67. The number of pyridine rings is 1. The highest BCUT2D eigenvalue weighted by Gasteiger charge is 2.35. The van der Waals surface area contributed by atoms with Crippen molar-refractivity contribution in [3.63, 3.8) is 0 Å². The van der Waals surface area contributed by atoms with Gasteiger partial charge < -0.3 is 5.11 Å². The molecule has 0 bridgehead atoms. The quantitative estimate of drug-likeness (QED) is 0.773. The van der Waals surface area contributed by atoms with Crippen LogP contribution in [-0.4, -0.2) is 10.1 Å². The maximum atomic E-state index is 12.8. The Morgan fingerprint density at radius 1 is 0.625 bits per heavy atom. The monoisotopic (exact) mass is 329 g/mol. The summed E-state index contributed by atoms with van der Waals surface area (Å²) in [6.07, 6.45) is -1.35. The van der Waals surface area contributed by atoms with Crippen molar-refractivity contribution < 1.29 is 18.3 Å². The smallest absolute Gasteiger partial charge is 0.376 e. The topological polar surface area (TPSA) is 33.1 Å². The second kappa shape index (κ2) is 6.09. The summed E-state index contributed by atoms with van der Waals surface area (Å²) in [6.45, 7) is 0. The summed E-state index contributed by atoms with van der Waals surface area (Å²) in [7, 11) is 0. The van der Waals surface area contributed by atoms with E-state index in [1.807, 2.05) is 6.07 Å². The predicted octanol–water partition coefficient (Wildman–Crippen LogP) is 4.38. The third kappa shape index (κ3) is 2.90. The molecule has 1 heterocycles. The van der Waals surface area contributed by atoms with Gasteiger partial charge in [-0.1, -0.05) is 42.5 Å². The zero-order chi connectivity index (χ0) is 17.2. The Morgan fingerprint density at radius 3 is 1.62 bits per heavy atom. The molecule has 0 saturated carbocycles. The zero-order valence-electron chi connectivity index (χ0n) is 12.5. The lowest BCUT2D eigenvalue weighted by Crippen LogP contribution is -2.29. The molecule has 0 spiro atoms. The fourth-order valence-corrected chi connectivity index (χ4v) is 2.67. The van der Waals surface area contributed by atoms with E-state index in [1.54, 1.807) is 36.4 Å². The van der Waals surface area contributed by atoms with Crippen LogP contribution in [0.3, 0.4) is 0 Å².